The van der Waals surface area contributed by atoms with Crippen LogP contribution in [0.4, 0.5) is 0 Å². The summed E-state index contributed by atoms with van der Waals surface area (Å²) in [6.45, 7) is 32.2. The molecular weight excluding hydrogens is 678 g/mol. The highest BCUT2D eigenvalue weighted by Gasteiger charge is 2.59. The maximum absolute atomic E-state index is 13.0. The molecule has 1 amide bonds. The first-order valence-corrected chi connectivity index (χ1v) is 27.0. The van der Waals surface area contributed by atoms with E-state index in [1.807, 2.05) is 39.3 Å². The van der Waals surface area contributed by atoms with Gasteiger partial charge in [0.2, 0.25) is 5.91 Å². The van der Waals surface area contributed by atoms with E-state index in [0.29, 0.717) is 0 Å². The van der Waals surface area contributed by atoms with E-state index in [0.717, 1.165) is 0 Å². The summed E-state index contributed by atoms with van der Waals surface area (Å²) in [6, 6.07) is -0.903. The number of nitrogens with one attached hydrogen (secondary N) is 1. The minimum Gasteiger partial charge on any atom is -0.477 e. The Morgan fingerprint density at radius 2 is 1.34 bits per heavy atom. The molecule has 278 valence electrons. The molecule has 1 heterocycles. The van der Waals surface area contributed by atoms with E-state index in [2.05, 4.69) is 67.6 Å². The Morgan fingerprint density at radius 1 is 0.894 bits per heavy atom. The van der Waals surface area contributed by atoms with Gasteiger partial charge in [0, 0.05) is 20.5 Å². The molecule has 0 radical (unpaired) electrons. The van der Waals surface area contributed by atoms with Crippen molar-refractivity contribution in [2.75, 3.05) is 13.3 Å². The number of hydrogen-bond acceptors (Lipinski definition) is 8. The van der Waals surface area contributed by atoms with Crippen molar-refractivity contribution in [3.8, 4) is 0 Å². The van der Waals surface area contributed by atoms with Gasteiger partial charge in [0.05, 0.1) is 30.5 Å². The maximum atomic E-state index is 13.0. The van der Waals surface area contributed by atoms with Gasteiger partial charge in [-0.05, 0) is 60.8 Å². The molecule has 0 aliphatic carbocycles. The molecule has 0 spiro atoms. The van der Waals surface area contributed by atoms with Crippen molar-refractivity contribution in [3.63, 3.8) is 0 Å². The second kappa shape index (κ2) is 15.0. The van der Waals surface area contributed by atoms with Gasteiger partial charge in [-0.25, -0.2) is 4.79 Å². The lowest BCUT2D eigenvalue weighted by Gasteiger charge is -2.54. The summed E-state index contributed by atoms with van der Waals surface area (Å²) < 4.78 is 45.4. The molecule has 1 fully saturated rings. The fraction of sp³-hybridized carbons (Fsp3) is 0.935. The first kappa shape index (κ1) is 44.6. The summed E-state index contributed by atoms with van der Waals surface area (Å²) in [5.74, 6) is -3.90. The fourth-order valence-corrected chi connectivity index (χ4v) is 9.28. The molecule has 16 heteroatoms. The molecule has 1 aliphatic rings. The Balaban J connectivity index is 4.22. The fourth-order valence-electron chi connectivity index (χ4n) is 4.66. The highest BCUT2D eigenvalue weighted by Crippen LogP contribution is 2.47. The molecule has 0 bridgehead atoms. The number of carbonyl (C=O) groups excluding carboxylic acids is 1. The number of amides is 1. The quantitative estimate of drug-likeness (QED) is 0.114. The first-order chi connectivity index (χ1) is 20.6. The Morgan fingerprint density at radius 3 is 1.70 bits per heavy atom. The van der Waals surface area contributed by atoms with Crippen LogP contribution in [-0.4, -0.2) is 101 Å². The summed E-state index contributed by atoms with van der Waals surface area (Å²) in [5.41, 5.74) is 0. The predicted octanol–water partition coefficient (Wildman–Crippen LogP) is 6.45. The van der Waals surface area contributed by atoms with Gasteiger partial charge in [0.15, 0.2) is 25.0 Å². The first-order valence-electron chi connectivity index (χ1n) is 16.4. The molecular formula is C31H66NO11PSi3. The molecule has 0 unspecified atom stereocenters. The average Bonchev–Trinajstić information content (AvgIpc) is 2.83. The van der Waals surface area contributed by atoms with Crippen molar-refractivity contribution in [1.29, 1.82) is 0 Å². The number of rotatable bonds is 14. The standard InChI is InChI=1S/C31H66NO11PSi3/c1-21(33)32-24-23(42-46(14,15)29(5,6)7)20-31(39-11,27(34)35)40-26(24)25(43-47(16,17)30(8,9)10)22(18-19-44(36,37)38)41-45(12,13)28(2,3)4/h22-26H,18-20H2,1-17H3,(H,32,33)(H,34,35)(H2,36,37,38)/t22-,23+,24-,25-,26-,31+/m1/s1. The topological polar surface area (TPSA) is 170 Å². The van der Waals surface area contributed by atoms with Crippen LogP contribution in [0.25, 0.3) is 0 Å². The molecule has 1 saturated heterocycles. The van der Waals surface area contributed by atoms with Crippen LogP contribution in [0.15, 0.2) is 0 Å². The van der Waals surface area contributed by atoms with Gasteiger partial charge < -0.3 is 43.0 Å². The molecule has 0 saturated carbocycles. The SMILES string of the molecule is CO[C@@]1(C(=O)O)C[C@H](O[Si](C)(C)C(C)(C)C)[C@@H](NC(C)=O)[C@H]([C@H](O[Si](C)(C)C(C)(C)C)[C@@H](CCP(=O)(O)O)O[Si](C)(C)C(C)(C)C)O1. The van der Waals surface area contributed by atoms with Crippen LogP contribution in [0.3, 0.4) is 0 Å². The summed E-state index contributed by atoms with van der Waals surface area (Å²) in [6.07, 6.45) is -4.85. The van der Waals surface area contributed by atoms with Crippen molar-refractivity contribution < 1.29 is 51.8 Å². The monoisotopic (exact) mass is 743 g/mol. The van der Waals surface area contributed by atoms with Crippen molar-refractivity contribution in [1.82, 2.24) is 5.32 Å². The zero-order valence-electron chi connectivity index (χ0n) is 32.1. The van der Waals surface area contributed by atoms with Crippen molar-refractivity contribution in [2.24, 2.45) is 0 Å². The van der Waals surface area contributed by atoms with E-state index in [9.17, 15) is 29.0 Å². The molecule has 1 rings (SSSR count). The summed E-state index contributed by atoms with van der Waals surface area (Å²) in [7, 11) is -11.2. The molecule has 12 nitrogen and oxygen atoms in total. The van der Waals surface area contributed by atoms with Crippen LogP contribution < -0.4 is 5.32 Å². The van der Waals surface area contributed by atoms with Crippen molar-refractivity contribution >= 4 is 44.4 Å². The minimum absolute atomic E-state index is 0.0937. The van der Waals surface area contributed by atoms with E-state index in [1.54, 1.807) is 0 Å². The minimum atomic E-state index is -4.49. The number of hydrogen-bond donors (Lipinski definition) is 4. The van der Waals surface area contributed by atoms with Crippen LogP contribution in [0.1, 0.15) is 82.1 Å². The molecule has 1 aliphatic heterocycles. The molecule has 6 atom stereocenters. The summed E-state index contributed by atoms with van der Waals surface area (Å²) >= 11 is 0. The van der Waals surface area contributed by atoms with Gasteiger partial charge >= 0.3 is 13.6 Å². The Bertz CT molecular complexity index is 1140. The lowest BCUT2D eigenvalue weighted by atomic mass is 9.88. The van der Waals surface area contributed by atoms with Crippen molar-refractivity contribution in [2.45, 2.75) is 173 Å². The molecule has 0 aromatic carbocycles. The van der Waals surface area contributed by atoms with Crippen LogP contribution in [0.2, 0.25) is 54.4 Å². The summed E-state index contributed by atoms with van der Waals surface area (Å²) in [4.78, 5) is 45.9. The van der Waals surface area contributed by atoms with Crippen LogP contribution >= 0.6 is 7.60 Å². The predicted molar refractivity (Wildman–Crippen MR) is 192 cm³/mol. The number of carboxylic acid groups (broad SMARTS) is 1. The molecule has 0 aromatic rings. The number of ether oxygens (including phenoxy) is 2. The highest BCUT2D eigenvalue weighted by atomic mass is 31.2. The third-order valence-corrected chi connectivity index (χ3v) is 25.0. The number of aliphatic carboxylic acids is 1. The van der Waals surface area contributed by atoms with E-state index in [1.165, 1.54) is 14.0 Å². The van der Waals surface area contributed by atoms with Crippen LogP contribution in [-0.2, 0) is 36.9 Å². The lowest BCUT2D eigenvalue weighted by molar-refractivity contribution is -0.300. The van der Waals surface area contributed by atoms with Crippen LogP contribution in [0.5, 0.6) is 0 Å². The Kier molecular flexibility index (Phi) is 14.2. The Labute approximate surface area is 286 Å². The Hall–Kier alpha value is -0.459. The van der Waals surface area contributed by atoms with E-state index in [-0.39, 0.29) is 33.9 Å². The zero-order chi connectivity index (χ0) is 37.4. The maximum Gasteiger partial charge on any atom is 0.364 e. The molecule has 0 aromatic heterocycles. The molecule has 47 heavy (non-hydrogen) atoms. The van der Waals surface area contributed by atoms with Gasteiger partial charge in [0.25, 0.3) is 5.79 Å². The second-order valence-electron chi connectivity index (χ2n) is 17.6. The van der Waals surface area contributed by atoms with Gasteiger partial charge in [-0.3, -0.25) is 9.36 Å². The largest absolute Gasteiger partial charge is 0.477 e. The van der Waals surface area contributed by atoms with Crippen LogP contribution in [0, 0.1) is 0 Å². The van der Waals surface area contributed by atoms with Gasteiger partial charge in [-0.2, -0.15) is 0 Å². The average molecular weight is 744 g/mol. The molecule has 4 N–H and O–H groups in total. The van der Waals surface area contributed by atoms with E-state index < -0.39 is 80.9 Å². The smallest absolute Gasteiger partial charge is 0.364 e. The number of carbonyl (C=O) groups is 2. The normalized spacial score (nSPS) is 25.3. The van der Waals surface area contributed by atoms with Gasteiger partial charge in [-0.15, -0.1) is 0 Å². The van der Waals surface area contributed by atoms with Gasteiger partial charge in [-0.1, -0.05) is 62.3 Å². The number of carboxylic acids is 1. The second-order valence-corrected chi connectivity index (χ2v) is 33.7. The van der Waals surface area contributed by atoms with E-state index >= 15 is 0 Å². The third kappa shape index (κ3) is 11.5. The number of methoxy groups -OCH3 is 1. The van der Waals surface area contributed by atoms with Crippen molar-refractivity contribution in [3.05, 3.63) is 0 Å². The lowest BCUT2D eigenvalue weighted by Crippen LogP contribution is -2.71. The summed E-state index contributed by atoms with van der Waals surface area (Å²) in [5, 5.41) is 12.7. The zero-order valence-corrected chi connectivity index (χ0v) is 36.0. The van der Waals surface area contributed by atoms with Gasteiger partial charge in [0.1, 0.15) is 6.10 Å². The van der Waals surface area contributed by atoms with E-state index in [4.69, 9.17) is 22.8 Å². The third-order valence-electron chi connectivity index (χ3n) is 10.7. The highest BCUT2D eigenvalue weighted by molar-refractivity contribution is 7.51.